The smallest absolute Gasteiger partial charge is 0.272 e. The third-order valence-electron chi connectivity index (χ3n) is 3.43. The zero-order valence-electron chi connectivity index (χ0n) is 10.9. The molecule has 1 saturated heterocycles. The number of amides is 1. The molecule has 1 aliphatic heterocycles. The summed E-state index contributed by atoms with van der Waals surface area (Å²) in [6.45, 7) is 3.38. The van der Waals surface area contributed by atoms with Crippen LogP contribution in [-0.2, 0) is 4.74 Å². The van der Waals surface area contributed by atoms with Gasteiger partial charge in [0.05, 0.1) is 18.2 Å². The number of aromatic amines is 1. The third kappa shape index (κ3) is 2.46. The predicted octanol–water partition coefficient (Wildman–Crippen LogP) is 1.78. The van der Waals surface area contributed by atoms with Gasteiger partial charge in [0.2, 0.25) is 0 Å². The van der Waals surface area contributed by atoms with Crippen LogP contribution in [0, 0.1) is 6.92 Å². The maximum atomic E-state index is 12.3. The first-order valence-electron chi connectivity index (χ1n) is 6.57. The highest BCUT2D eigenvalue weighted by Crippen LogP contribution is 2.18. The molecule has 1 aromatic heterocycles. The number of rotatable bonds is 2. The standard InChI is InChI=1S/C14H17N3O2/c1-9-4-5-12-11(7-9)13(17-16-12)14(18)15-10-3-2-6-19-8-10/h4-5,7,10H,2-3,6,8H2,1H3,(H,15,18)(H,16,17). The van der Waals surface area contributed by atoms with E-state index in [2.05, 4.69) is 15.5 Å². The number of fused-ring (bicyclic) bond motifs is 1. The van der Waals surface area contributed by atoms with Crippen LogP contribution in [-0.4, -0.2) is 35.4 Å². The molecule has 0 aliphatic carbocycles. The molecule has 0 saturated carbocycles. The highest BCUT2D eigenvalue weighted by atomic mass is 16.5. The maximum absolute atomic E-state index is 12.3. The van der Waals surface area contributed by atoms with E-state index in [1.165, 1.54) is 0 Å². The number of nitrogens with zero attached hydrogens (tertiary/aromatic N) is 1. The van der Waals surface area contributed by atoms with Crippen LogP contribution in [0.1, 0.15) is 28.9 Å². The van der Waals surface area contributed by atoms with Crippen LogP contribution in [0.25, 0.3) is 10.9 Å². The van der Waals surface area contributed by atoms with E-state index in [4.69, 9.17) is 4.74 Å². The molecule has 3 rings (SSSR count). The van der Waals surface area contributed by atoms with Gasteiger partial charge in [-0.1, -0.05) is 11.6 Å². The van der Waals surface area contributed by atoms with E-state index in [1.807, 2.05) is 25.1 Å². The Morgan fingerprint density at radius 3 is 3.21 bits per heavy atom. The van der Waals surface area contributed by atoms with Crippen molar-refractivity contribution in [3.8, 4) is 0 Å². The Balaban J connectivity index is 1.82. The average Bonchev–Trinajstić information content (AvgIpc) is 2.82. The molecule has 0 radical (unpaired) electrons. The number of aryl methyl sites for hydroxylation is 1. The first kappa shape index (κ1) is 12.2. The number of carbonyl (C=O) groups is 1. The highest BCUT2D eigenvalue weighted by Gasteiger charge is 2.20. The molecule has 2 N–H and O–H groups in total. The highest BCUT2D eigenvalue weighted by molar-refractivity contribution is 6.04. The van der Waals surface area contributed by atoms with Crippen LogP contribution in [0.15, 0.2) is 18.2 Å². The SMILES string of the molecule is Cc1ccc2[nH]nc(C(=O)NC3CCCOC3)c2c1. The number of hydrogen-bond acceptors (Lipinski definition) is 3. The molecule has 19 heavy (non-hydrogen) atoms. The van der Waals surface area contributed by atoms with E-state index in [-0.39, 0.29) is 11.9 Å². The summed E-state index contributed by atoms with van der Waals surface area (Å²) in [6, 6.07) is 6.01. The lowest BCUT2D eigenvalue weighted by atomic mass is 10.1. The maximum Gasteiger partial charge on any atom is 0.272 e. The van der Waals surface area contributed by atoms with Crippen molar-refractivity contribution in [3.63, 3.8) is 0 Å². The second kappa shape index (κ2) is 5.01. The van der Waals surface area contributed by atoms with Crippen molar-refractivity contribution in [1.82, 2.24) is 15.5 Å². The topological polar surface area (TPSA) is 67.0 Å². The Kier molecular flexibility index (Phi) is 3.21. The van der Waals surface area contributed by atoms with E-state index in [1.54, 1.807) is 0 Å². The number of hydrogen-bond donors (Lipinski definition) is 2. The molecular weight excluding hydrogens is 242 g/mol. The number of carbonyl (C=O) groups excluding carboxylic acids is 1. The lowest BCUT2D eigenvalue weighted by molar-refractivity contribution is 0.0622. The first-order valence-corrected chi connectivity index (χ1v) is 6.57. The molecule has 2 aromatic rings. The van der Waals surface area contributed by atoms with Gasteiger partial charge in [0.1, 0.15) is 0 Å². The summed E-state index contributed by atoms with van der Waals surface area (Å²) < 4.78 is 5.36. The Morgan fingerprint density at radius 1 is 1.53 bits per heavy atom. The first-order chi connectivity index (χ1) is 9.24. The quantitative estimate of drug-likeness (QED) is 0.864. The Labute approximate surface area is 111 Å². The van der Waals surface area contributed by atoms with E-state index < -0.39 is 0 Å². The minimum absolute atomic E-state index is 0.0952. The van der Waals surface area contributed by atoms with Crippen molar-refractivity contribution in [2.75, 3.05) is 13.2 Å². The second-order valence-electron chi connectivity index (χ2n) is 5.01. The lowest BCUT2D eigenvalue weighted by Crippen LogP contribution is -2.40. The molecule has 0 bridgehead atoms. The van der Waals surface area contributed by atoms with Gasteiger partial charge in [-0.2, -0.15) is 5.10 Å². The number of H-pyrrole nitrogens is 1. The summed E-state index contributed by atoms with van der Waals surface area (Å²) in [6.07, 6.45) is 1.96. The van der Waals surface area contributed by atoms with Crippen LogP contribution >= 0.6 is 0 Å². The zero-order valence-corrected chi connectivity index (χ0v) is 10.9. The average molecular weight is 259 g/mol. The van der Waals surface area contributed by atoms with Crippen LogP contribution in [0.2, 0.25) is 0 Å². The lowest BCUT2D eigenvalue weighted by Gasteiger charge is -2.22. The van der Waals surface area contributed by atoms with Crippen molar-refractivity contribution < 1.29 is 9.53 Å². The fourth-order valence-corrected chi connectivity index (χ4v) is 2.41. The zero-order chi connectivity index (χ0) is 13.2. The van der Waals surface area contributed by atoms with Gasteiger partial charge in [-0.25, -0.2) is 0 Å². The van der Waals surface area contributed by atoms with Crippen molar-refractivity contribution in [2.24, 2.45) is 0 Å². The van der Waals surface area contributed by atoms with Crippen molar-refractivity contribution >= 4 is 16.8 Å². The summed E-state index contributed by atoms with van der Waals surface area (Å²) in [5.74, 6) is -0.132. The van der Waals surface area contributed by atoms with Crippen molar-refractivity contribution in [3.05, 3.63) is 29.5 Å². The van der Waals surface area contributed by atoms with E-state index in [9.17, 15) is 4.79 Å². The number of benzene rings is 1. The molecule has 2 heterocycles. The van der Waals surface area contributed by atoms with Gasteiger partial charge in [0.25, 0.3) is 5.91 Å². The molecule has 100 valence electrons. The van der Waals surface area contributed by atoms with Gasteiger partial charge in [-0.05, 0) is 31.9 Å². The van der Waals surface area contributed by atoms with Gasteiger partial charge < -0.3 is 10.1 Å². The van der Waals surface area contributed by atoms with Crippen molar-refractivity contribution in [2.45, 2.75) is 25.8 Å². The number of nitrogens with one attached hydrogen (secondary N) is 2. The fourth-order valence-electron chi connectivity index (χ4n) is 2.41. The number of ether oxygens (including phenoxy) is 1. The molecule has 1 aromatic carbocycles. The van der Waals surface area contributed by atoms with Crippen LogP contribution in [0.4, 0.5) is 0 Å². The van der Waals surface area contributed by atoms with Crippen LogP contribution in [0.5, 0.6) is 0 Å². The molecule has 1 aliphatic rings. The summed E-state index contributed by atoms with van der Waals surface area (Å²) in [5.41, 5.74) is 2.46. The predicted molar refractivity (Wildman–Crippen MR) is 72.1 cm³/mol. The fraction of sp³-hybridized carbons (Fsp3) is 0.429. The Bertz CT molecular complexity index is 600. The minimum Gasteiger partial charge on any atom is -0.379 e. The van der Waals surface area contributed by atoms with Gasteiger partial charge >= 0.3 is 0 Å². The summed E-state index contributed by atoms with van der Waals surface area (Å²) in [5, 5.41) is 10.9. The monoisotopic (exact) mass is 259 g/mol. The summed E-state index contributed by atoms with van der Waals surface area (Å²) in [4.78, 5) is 12.3. The molecule has 1 atom stereocenters. The molecule has 5 heteroatoms. The van der Waals surface area contributed by atoms with Crippen molar-refractivity contribution in [1.29, 1.82) is 0 Å². The number of aromatic nitrogens is 2. The molecule has 1 amide bonds. The minimum atomic E-state index is -0.132. The van der Waals surface area contributed by atoms with E-state index in [0.717, 1.165) is 35.9 Å². The summed E-state index contributed by atoms with van der Waals surface area (Å²) >= 11 is 0. The van der Waals surface area contributed by atoms with Crippen LogP contribution < -0.4 is 5.32 Å². The second-order valence-corrected chi connectivity index (χ2v) is 5.01. The largest absolute Gasteiger partial charge is 0.379 e. The normalized spacial score (nSPS) is 19.5. The third-order valence-corrected chi connectivity index (χ3v) is 3.43. The molecule has 5 nitrogen and oxygen atoms in total. The molecule has 1 fully saturated rings. The Morgan fingerprint density at radius 2 is 2.42 bits per heavy atom. The molecular formula is C14H17N3O2. The Hall–Kier alpha value is -1.88. The molecule has 1 unspecified atom stereocenters. The van der Waals surface area contributed by atoms with E-state index >= 15 is 0 Å². The molecule has 0 spiro atoms. The van der Waals surface area contributed by atoms with Gasteiger partial charge in [0, 0.05) is 12.0 Å². The summed E-state index contributed by atoms with van der Waals surface area (Å²) in [7, 11) is 0. The van der Waals surface area contributed by atoms with Gasteiger partial charge in [-0.3, -0.25) is 9.89 Å². The van der Waals surface area contributed by atoms with E-state index in [0.29, 0.717) is 12.3 Å². The van der Waals surface area contributed by atoms with Gasteiger partial charge in [0.15, 0.2) is 5.69 Å². The van der Waals surface area contributed by atoms with Gasteiger partial charge in [-0.15, -0.1) is 0 Å². The van der Waals surface area contributed by atoms with Crippen LogP contribution in [0.3, 0.4) is 0 Å².